The third-order valence-electron chi connectivity index (χ3n) is 1.90. The molecule has 71 valence electrons. The maximum atomic E-state index is 6.03. The van der Waals surface area contributed by atoms with Gasteiger partial charge in [-0.05, 0) is 25.1 Å². The molecule has 1 aromatic carbocycles. The summed E-state index contributed by atoms with van der Waals surface area (Å²) >= 11 is 11.8. The van der Waals surface area contributed by atoms with Crippen molar-refractivity contribution in [1.82, 2.24) is 9.78 Å². The molecule has 14 heavy (non-hydrogen) atoms. The molecule has 0 saturated carbocycles. The average Bonchev–Trinajstić information content (AvgIpc) is 2.52. The fourth-order valence-electron chi connectivity index (χ4n) is 1.22. The molecular weight excluding hydrogens is 219 g/mol. The van der Waals surface area contributed by atoms with Gasteiger partial charge in [0.15, 0.2) is 0 Å². The zero-order chi connectivity index (χ0) is 10.1. The average molecular weight is 226 g/mol. The van der Waals surface area contributed by atoms with Gasteiger partial charge in [0.05, 0.1) is 16.9 Å². The zero-order valence-electron chi connectivity index (χ0n) is 7.46. The highest BCUT2D eigenvalue weighted by Crippen LogP contribution is 2.24. The molecule has 0 N–H and O–H groups in total. The number of halogens is 2. The van der Waals surface area contributed by atoms with Crippen LogP contribution < -0.4 is 0 Å². The molecule has 0 aliphatic carbocycles. The van der Waals surface area contributed by atoms with Gasteiger partial charge in [0.1, 0.15) is 0 Å². The molecule has 1 radical (unpaired) electrons. The number of hydrogen-bond donors (Lipinski definition) is 0. The first-order valence-electron chi connectivity index (χ1n) is 4.06. The third kappa shape index (κ3) is 1.63. The Morgan fingerprint density at radius 2 is 2.14 bits per heavy atom. The second kappa shape index (κ2) is 3.64. The van der Waals surface area contributed by atoms with E-state index in [1.165, 1.54) is 0 Å². The molecule has 1 heterocycles. The Morgan fingerprint density at radius 3 is 2.71 bits per heavy atom. The van der Waals surface area contributed by atoms with E-state index in [0.29, 0.717) is 10.0 Å². The molecule has 0 fully saturated rings. The number of hydrogen-bond acceptors (Lipinski definition) is 1. The first-order valence-corrected chi connectivity index (χ1v) is 4.82. The fourth-order valence-corrected chi connectivity index (χ4v) is 1.71. The van der Waals surface area contributed by atoms with E-state index in [2.05, 4.69) is 11.2 Å². The smallest absolute Gasteiger partial charge is 0.0836 e. The highest BCUT2D eigenvalue weighted by Gasteiger charge is 2.05. The summed E-state index contributed by atoms with van der Waals surface area (Å²) in [6, 6.07) is 8.28. The van der Waals surface area contributed by atoms with Crippen molar-refractivity contribution in [2.24, 2.45) is 0 Å². The van der Waals surface area contributed by atoms with Gasteiger partial charge in [0, 0.05) is 16.8 Å². The van der Waals surface area contributed by atoms with Crippen LogP contribution >= 0.6 is 23.2 Å². The van der Waals surface area contributed by atoms with Crippen LogP contribution in [-0.2, 0) is 0 Å². The molecule has 0 aliphatic heterocycles. The number of rotatable bonds is 1. The largest absolute Gasteiger partial charge is 0.236 e. The fraction of sp³-hybridized carbons (Fsp3) is 0.100. The minimum absolute atomic E-state index is 0.581. The quantitative estimate of drug-likeness (QED) is 0.729. The van der Waals surface area contributed by atoms with Crippen LogP contribution in [0, 0.1) is 13.0 Å². The second-order valence-corrected chi connectivity index (χ2v) is 3.73. The van der Waals surface area contributed by atoms with Crippen molar-refractivity contribution in [3.8, 4) is 5.69 Å². The number of nitrogens with zero attached hydrogens (tertiary/aromatic N) is 2. The highest BCUT2D eigenvalue weighted by atomic mass is 35.5. The number of aromatic nitrogens is 2. The van der Waals surface area contributed by atoms with Crippen LogP contribution in [0.4, 0.5) is 0 Å². The van der Waals surface area contributed by atoms with Crippen LogP contribution in [0.5, 0.6) is 0 Å². The topological polar surface area (TPSA) is 17.8 Å². The monoisotopic (exact) mass is 225 g/mol. The summed E-state index contributed by atoms with van der Waals surface area (Å²) in [6.45, 7) is 1.91. The van der Waals surface area contributed by atoms with Gasteiger partial charge >= 0.3 is 0 Å². The van der Waals surface area contributed by atoms with Gasteiger partial charge < -0.3 is 0 Å². The Morgan fingerprint density at radius 1 is 1.36 bits per heavy atom. The minimum Gasteiger partial charge on any atom is -0.236 e. The van der Waals surface area contributed by atoms with Crippen LogP contribution in [0.15, 0.2) is 24.4 Å². The molecule has 2 nitrogen and oxygen atoms in total. The summed E-state index contributed by atoms with van der Waals surface area (Å²) in [6.07, 6.45) is 1.61. The summed E-state index contributed by atoms with van der Waals surface area (Å²) in [5.41, 5.74) is 1.73. The Labute approximate surface area is 92.1 Å². The Kier molecular flexibility index (Phi) is 2.48. The van der Waals surface area contributed by atoms with Gasteiger partial charge in [-0.15, -0.1) is 0 Å². The molecule has 4 heteroatoms. The summed E-state index contributed by atoms with van der Waals surface area (Å²) in [5.74, 6) is 0. The second-order valence-electron chi connectivity index (χ2n) is 2.88. The minimum atomic E-state index is 0.581. The molecule has 0 bridgehead atoms. The zero-order valence-corrected chi connectivity index (χ0v) is 8.97. The SMILES string of the molecule is Cc1[c]cnn1-c1ccc(Cl)cc1Cl. The van der Waals surface area contributed by atoms with Crippen molar-refractivity contribution in [3.63, 3.8) is 0 Å². The lowest BCUT2D eigenvalue weighted by Crippen LogP contribution is -1.98. The number of benzene rings is 1. The Balaban J connectivity index is 2.58. The van der Waals surface area contributed by atoms with Gasteiger partial charge in [-0.1, -0.05) is 23.2 Å². The van der Waals surface area contributed by atoms with E-state index in [9.17, 15) is 0 Å². The molecule has 0 amide bonds. The van der Waals surface area contributed by atoms with Crippen LogP contribution in [0.3, 0.4) is 0 Å². The van der Waals surface area contributed by atoms with Gasteiger partial charge in [0.25, 0.3) is 0 Å². The van der Waals surface area contributed by atoms with Crippen molar-refractivity contribution >= 4 is 23.2 Å². The molecule has 0 aliphatic rings. The Bertz CT molecular complexity index is 463. The van der Waals surface area contributed by atoms with E-state index in [4.69, 9.17) is 23.2 Å². The summed E-state index contributed by atoms with van der Waals surface area (Å²) in [7, 11) is 0. The van der Waals surface area contributed by atoms with Gasteiger partial charge in [-0.3, -0.25) is 0 Å². The lowest BCUT2D eigenvalue weighted by atomic mass is 10.3. The first kappa shape index (κ1) is 9.56. The molecule has 1 aromatic heterocycles. The van der Waals surface area contributed by atoms with Crippen LogP contribution in [0.25, 0.3) is 5.69 Å². The predicted molar refractivity (Wildman–Crippen MR) is 57.2 cm³/mol. The lowest BCUT2D eigenvalue weighted by Gasteiger charge is -2.06. The van der Waals surface area contributed by atoms with E-state index >= 15 is 0 Å². The molecular formula is C10H7Cl2N2. The maximum Gasteiger partial charge on any atom is 0.0836 e. The summed E-state index contributed by atoms with van der Waals surface area (Å²) < 4.78 is 1.72. The van der Waals surface area contributed by atoms with E-state index in [1.54, 1.807) is 23.0 Å². The summed E-state index contributed by atoms with van der Waals surface area (Å²) in [5, 5.41) is 5.31. The first-order chi connectivity index (χ1) is 6.68. The van der Waals surface area contributed by atoms with E-state index in [0.717, 1.165) is 11.4 Å². The molecule has 0 unspecified atom stereocenters. The summed E-state index contributed by atoms with van der Waals surface area (Å²) in [4.78, 5) is 0. The maximum absolute atomic E-state index is 6.03. The highest BCUT2D eigenvalue weighted by molar-refractivity contribution is 6.35. The Hall–Kier alpha value is -0.990. The van der Waals surface area contributed by atoms with E-state index in [-0.39, 0.29) is 0 Å². The molecule has 0 spiro atoms. The van der Waals surface area contributed by atoms with E-state index < -0.39 is 0 Å². The number of aryl methyl sites for hydroxylation is 1. The van der Waals surface area contributed by atoms with Crippen LogP contribution in [-0.4, -0.2) is 9.78 Å². The molecule has 0 saturated heterocycles. The lowest BCUT2D eigenvalue weighted by molar-refractivity contribution is 0.847. The van der Waals surface area contributed by atoms with Crippen molar-refractivity contribution in [2.75, 3.05) is 0 Å². The van der Waals surface area contributed by atoms with Crippen molar-refractivity contribution in [2.45, 2.75) is 6.92 Å². The van der Waals surface area contributed by atoms with Crippen LogP contribution in [0.2, 0.25) is 10.0 Å². The third-order valence-corrected chi connectivity index (χ3v) is 2.44. The normalized spacial score (nSPS) is 10.5. The van der Waals surface area contributed by atoms with E-state index in [1.807, 2.05) is 13.0 Å². The predicted octanol–water partition coefficient (Wildman–Crippen LogP) is 3.29. The van der Waals surface area contributed by atoms with Gasteiger partial charge in [-0.2, -0.15) is 5.10 Å². The standard InChI is InChI=1S/C10H7Cl2N2/c1-7-4-5-13-14(7)10-3-2-8(11)6-9(10)12/h2-3,5-6H,1H3. The van der Waals surface area contributed by atoms with Crippen molar-refractivity contribution in [3.05, 3.63) is 46.2 Å². The molecule has 0 atom stereocenters. The van der Waals surface area contributed by atoms with Crippen molar-refractivity contribution < 1.29 is 0 Å². The van der Waals surface area contributed by atoms with Gasteiger partial charge in [-0.25, -0.2) is 4.68 Å². The van der Waals surface area contributed by atoms with Crippen LogP contribution in [0.1, 0.15) is 5.69 Å². The molecule has 2 rings (SSSR count). The van der Waals surface area contributed by atoms with Gasteiger partial charge in [0.2, 0.25) is 0 Å². The van der Waals surface area contributed by atoms with Crippen molar-refractivity contribution in [1.29, 1.82) is 0 Å². The molecule has 2 aromatic rings.